The van der Waals surface area contributed by atoms with E-state index in [1.165, 1.54) is 44.5 Å². The first-order chi connectivity index (χ1) is 13.8. The molecule has 5 nitrogen and oxygen atoms in total. The average molecular weight is 413 g/mol. The van der Waals surface area contributed by atoms with Crippen LogP contribution in [0.5, 0.6) is 0 Å². The van der Waals surface area contributed by atoms with Gasteiger partial charge in [0.25, 0.3) is 0 Å². The van der Waals surface area contributed by atoms with Gasteiger partial charge >= 0.3 is 0 Å². The molecule has 1 fully saturated rings. The summed E-state index contributed by atoms with van der Waals surface area (Å²) in [4.78, 5) is 6.38. The molecule has 1 aromatic carbocycles. The summed E-state index contributed by atoms with van der Waals surface area (Å²) in [5.41, 5.74) is 1.98. The summed E-state index contributed by atoms with van der Waals surface area (Å²) >= 11 is 0. The van der Waals surface area contributed by atoms with E-state index >= 15 is 0 Å². The lowest BCUT2D eigenvalue weighted by atomic mass is 9.88. The van der Waals surface area contributed by atoms with Crippen LogP contribution in [0, 0.1) is 5.92 Å². The van der Waals surface area contributed by atoms with E-state index in [1.54, 1.807) is 12.1 Å². The van der Waals surface area contributed by atoms with Crippen LogP contribution in [0.4, 0.5) is 0 Å². The zero-order valence-corrected chi connectivity index (χ0v) is 18.3. The highest BCUT2D eigenvalue weighted by atomic mass is 32.2. The maximum Gasteiger partial charge on any atom is 0.223 e. The van der Waals surface area contributed by atoms with E-state index in [2.05, 4.69) is 31.4 Å². The van der Waals surface area contributed by atoms with E-state index < -0.39 is 10.8 Å². The third kappa shape index (κ3) is 4.22. The number of benzene rings is 1. The number of rotatable bonds is 4. The van der Waals surface area contributed by atoms with Crippen molar-refractivity contribution in [1.29, 1.82) is 0 Å². The third-order valence-corrected chi connectivity index (χ3v) is 7.15. The third-order valence-electron chi connectivity index (χ3n) is 5.77. The highest BCUT2D eigenvalue weighted by Gasteiger charge is 2.25. The van der Waals surface area contributed by atoms with E-state index in [-0.39, 0.29) is 5.41 Å². The molecule has 0 aliphatic heterocycles. The highest BCUT2D eigenvalue weighted by Crippen LogP contribution is 2.32. The fourth-order valence-electron chi connectivity index (χ4n) is 4.27. The number of fused-ring (bicyclic) bond motifs is 1. The molecule has 1 saturated carbocycles. The van der Waals surface area contributed by atoms with Crippen LogP contribution in [0.25, 0.3) is 11.0 Å². The van der Waals surface area contributed by atoms with Crippen molar-refractivity contribution in [2.75, 3.05) is 0 Å². The van der Waals surface area contributed by atoms with E-state index in [9.17, 15) is 9.42 Å². The van der Waals surface area contributed by atoms with Gasteiger partial charge in [-0.25, -0.2) is 9.19 Å². The first kappa shape index (κ1) is 20.1. The molecule has 1 atom stereocenters. The second-order valence-electron chi connectivity index (χ2n) is 9.13. The number of pyridine rings is 1. The zero-order valence-electron chi connectivity index (χ0n) is 17.5. The van der Waals surface area contributed by atoms with E-state index in [1.807, 2.05) is 12.1 Å². The normalized spacial score (nSPS) is 16.9. The van der Waals surface area contributed by atoms with Crippen LogP contribution in [0.3, 0.4) is 0 Å². The molecule has 3 aromatic rings. The van der Waals surface area contributed by atoms with Gasteiger partial charge in [0.1, 0.15) is 5.82 Å². The lowest BCUT2D eigenvalue weighted by Crippen LogP contribution is -2.28. The maximum absolute atomic E-state index is 13.0. The molecule has 1 unspecified atom stereocenters. The van der Waals surface area contributed by atoms with E-state index in [4.69, 9.17) is 4.98 Å². The first-order valence-electron chi connectivity index (χ1n) is 10.5. The van der Waals surface area contributed by atoms with Crippen LogP contribution in [-0.4, -0.2) is 19.0 Å². The van der Waals surface area contributed by atoms with Crippen molar-refractivity contribution in [3.63, 3.8) is 0 Å². The summed E-state index contributed by atoms with van der Waals surface area (Å²) in [6, 6.07) is 9.32. The number of hydrogen-bond acceptors (Lipinski definition) is 3. The van der Waals surface area contributed by atoms with Gasteiger partial charge in [-0.1, -0.05) is 40.0 Å². The van der Waals surface area contributed by atoms with Crippen LogP contribution >= 0.6 is 0 Å². The predicted molar refractivity (Wildman–Crippen MR) is 114 cm³/mol. The summed E-state index contributed by atoms with van der Waals surface area (Å²) in [7, 11) is -1.31. The van der Waals surface area contributed by atoms with Crippen molar-refractivity contribution in [3.05, 3.63) is 48.5 Å². The Morgan fingerprint density at radius 1 is 1.10 bits per heavy atom. The van der Waals surface area contributed by atoms with Crippen LogP contribution in [0.1, 0.15) is 58.7 Å². The minimum atomic E-state index is -1.31. The molecule has 1 N–H and O–H groups in total. The van der Waals surface area contributed by atoms with Crippen molar-refractivity contribution in [2.24, 2.45) is 5.92 Å². The van der Waals surface area contributed by atoms with Crippen LogP contribution in [0.2, 0.25) is 0 Å². The standard InChI is InChI=1S/C23H30N3O2S/c1-23(2,3)22-24-20-15-19(29(28)18-11-13-25(27)14-12-18)9-10-21(20)26(22)16-17-7-5-4-6-8-17/h9-15,17,27H,4-8,16H2,1-3H3/q+1. The van der Waals surface area contributed by atoms with Gasteiger partial charge in [-0.15, -0.1) is 0 Å². The summed E-state index contributed by atoms with van der Waals surface area (Å²) in [6.07, 6.45) is 9.59. The molecular weight excluding hydrogens is 382 g/mol. The Morgan fingerprint density at radius 3 is 2.45 bits per heavy atom. The Balaban J connectivity index is 1.73. The summed E-state index contributed by atoms with van der Waals surface area (Å²) in [5.74, 6) is 1.81. The molecule has 154 valence electrons. The van der Waals surface area contributed by atoms with Gasteiger partial charge in [-0.2, -0.15) is 0 Å². The molecule has 4 rings (SSSR count). The second kappa shape index (κ2) is 7.90. The van der Waals surface area contributed by atoms with Crippen molar-refractivity contribution in [1.82, 2.24) is 9.55 Å². The number of hydrogen-bond donors (Lipinski definition) is 1. The largest absolute Gasteiger partial charge is 0.327 e. The first-order valence-corrected chi connectivity index (χ1v) is 11.6. The van der Waals surface area contributed by atoms with Gasteiger partial charge in [-0.3, -0.25) is 5.21 Å². The molecule has 2 heterocycles. The van der Waals surface area contributed by atoms with Gasteiger partial charge in [-0.05, 0) is 37.0 Å². The van der Waals surface area contributed by atoms with Crippen molar-refractivity contribution in [3.8, 4) is 0 Å². The van der Waals surface area contributed by atoms with E-state index in [0.29, 0.717) is 10.8 Å². The Hall–Kier alpha value is -2.21. The fraction of sp³-hybridized carbons (Fsp3) is 0.478. The Morgan fingerprint density at radius 2 is 1.79 bits per heavy atom. The van der Waals surface area contributed by atoms with Crippen LogP contribution < -0.4 is 4.73 Å². The smallest absolute Gasteiger partial charge is 0.223 e. The summed E-state index contributed by atoms with van der Waals surface area (Å²) in [6.45, 7) is 7.64. The lowest BCUT2D eigenvalue weighted by Gasteiger charge is -2.26. The van der Waals surface area contributed by atoms with Crippen LogP contribution in [0.15, 0.2) is 52.5 Å². The topological polar surface area (TPSA) is 59.0 Å². The predicted octanol–water partition coefficient (Wildman–Crippen LogP) is 4.61. The molecule has 6 heteroatoms. The highest BCUT2D eigenvalue weighted by molar-refractivity contribution is 7.85. The Kier molecular flexibility index (Phi) is 5.47. The van der Waals surface area contributed by atoms with Gasteiger partial charge in [0.05, 0.1) is 26.7 Å². The molecular formula is C23H30N3O2S+. The van der Waals surface area contributed by atoms with Gasteiger partial charge in [0.2, 0.25) is 12.4 Å². The molecule has 29 heavy (non-hydrogen) atoms. The monoisotopic (exact) mass is 412 g/mol. The molecule has 0 bridgehead atoms. The molecule has 2 aromatic heterocycles. The van der Waals surface area contributed by atoms with Crippen molar-refractivity contribution in [2.45, 2.75) is 74.6 Å². The molecule has 0 amide bonds. The van der Waals surface area contributed by atoms with Gasteiger partial charge < -0.3 is 4.57 Å². The zero-order chi connectivity index (χ0) is 20.6. The Bertz CT molecular complexity index is 1030. The fourth-order valence-corrected chi connectivity index (χ4v) is 5.33. The number of nitrogens with zero attached hydrogens (tertiary/aromatic N) is 3. The molecule has 1 aliphatic rings. The number of aromatic nitrogens is 3. The Labute approximate surface area is 174 Å². The summed E-state index contributed by atoms with van der Waals surface area (Å²) in [5, 5.41) is 9.40. The van der Waals surface area contributed by atoms with E-state index in [0.717, 1.165) is 33.0 Å². The molecule has 1 aliphatic carbocycles. The quantitative estimate of drug-likeness (QED) is 0.503. The average Bonchev–Trinajstić information content (AvgIpc) is 3.07. The molecule has 0 radical (unpaired) electrons. The minimum Gasteiger partial charge on any atom is -0.327 e. The van der Waals surface area contributed by atoms with Gasteiger partial charge in [0, 0.05) is 33.7 Å². The van der Waals surface area contributed by atoms with Crippen molar-refractivity contribution < 1.29 is 14.1 Å². The molecule has 0 saturated heterocycles. The van der Waals surface area contributed by atoms with Crippen molar-refractivity contribution >= 4 is 21.8 Å². The van der Waals surface area contributed by atoms with Crippen LogP contribution in [-0.2, 0) is 22.8 Å². The SMILES string of the molecule is CC(C)(C)c1nc2cc(S(=O)c3cc[n+](O)cc3)ccc2n1CC1CCCCC1. The summed E-state index contributed by atoms with van der Waals surface area (Å²) < 4.78 is 16.3. The second-order valence-corrected chi connectivity index (χ2v) is 10.6. The minimum absolute atomic E-state index is 0.0544. The molecule has 0 spiro atoms. The maximum atomic E-state index is 13.0. The van der Waals surface area contributed by atoms with Gasteiger partial charge in [0.15, 0.2) is 0 Å². The lowest BCUT2D eigenvalue weighted by molar-refractivity contribution is -0.905. The number of imidazole rings is 1.